The summed E-state index contributed by atoms with van der Waals surface area (Å²) >= 11 is 1.61. The molecular formula is C11H16O2S. The van der Waals surface area contributed by atoms with Gasteiger partial charge < -0.3 is 4.74 Å². The average molecular weight is 212 g/mol. The van der Waals surface area contributed by atoms with E-state index < -0.39 is 0 Å². The van der Waals surface area contributed by atoms with Crippen LogP contribution in [0.1, 0.15) is 25.6 Å². The van der Waals surface area contributed by atoms with Crippen LogP contribution in [-0.2, 0) is 16.0 Å². The van der Waals surface area contributed by atoms with Crippen molar-refractivity contribution < 1.29 is 9.53 Å². The van der Waals surface area contributed by atoms with Crippen molar-refractivity contribution in [2.24, 2.45) is 0 Å². The van der Waals surface area contributed by atoms with Crippen LogP contribution in [-0.4, -0.2) is 18.0 Å². The van der Waals surface area contributed by atoms with Gasteiger partial charge in [0.05, 0.1) is 5.60 Å². The van der Waals surface area contributed by atoms with Crippen LogP contribution >= 0.6 is 11.3 Å². The summed E-state index contributed by atoms with van der Waals surface area (Å²) in [4.78, 5) is 12.5. The molecule has 0 aliphatic carbocycles. The van der Waals surface area contributed by atoms with Crippen LogP contribution in [0.3, 0.4) is 0 Å². The molecule has 0 atom stereocenters. The summed E-state index contributed by atoms with van der Waals surface area (Å²) in [6.45, 7) is 6.06. The van der Waals surface area contributed by atoms with E-state index in [4.69, 9.17) is 4.74 Å². The number of thiophene rings is 1. The second kappa shape index (κ2) is 4.71. The van der Waals surface area contributed by atoms with Gasteiger partial charge in [-0.3, -0.25) is 4.79 Å². The third kappa shape index (κ3) is 4.53. The minimum atomic E-state index is -0.231. The standard InChI is InChI=1S/C11H16O2S/c1-11(2,3)13-8-9(12)7-10-5-4-6-14-10/h4-6H,7-8H2,1-3H3. The highest BCUT2D eigenvalue weighted by atomic mass is 32.1. The van der Waals surface area contributed by atoms with Gasteiger partial charge in [-0.05, 0) is 32.2 Å². The molecule has 0 aliphatic rings. The summed E-state index contributed by atoms with van der Waals surface area (Å²) in [5.74, 6) is 0.141. The lowest BCUT2D eigenvalue weighted by Gasteiger charge is -2.18. The van der Waals surface area contributed by atoms with Gasteiger partial charge in [-0.1, -0.05) is 6.07 Å². The number of rotatable bonds is 4. The van der Waals surface area contributed by atoms with Gasteiger partial charge in [0, 0.05) is 11.3 Å². The van der Waals surface area contributed by atoms with E-state index in [-0.39, 0.29) is 18.0 Å². The predicted octanol–water partition coefficient (Wildman–Crippen LogP) is 2.67. The quantitative estimate of drug-likeness (QED) is 0.767. The summed E-state index contributed by atoms with van der Waals surface area (Å²) in [5.41, 5.74) is -0.231. The number of hydrogen-bond acceptors (Lipinski definition) is 3. The largest absolute Gasteiger partial charge is 0.368 e. The summed E-state index contributed by atoms with van der Waals surface area (Å²) in [6.07, 6.45) is 0.494. The van der Waals surface area contributed by atoms with E-state index in [1.165, 1.54) is 0 Å². The maximum atomic E-state index is 11.4. The Balaban J connectivity index is 2.30. The van der Waals surface area contributed by atoms with E-state index in [0.29, 0.717) is 6.42 Å². The fourth-order valence-electron chi connectivity index (χ4n) is 0.956. The highest BCUT2D eigenvalue weighted by Crippen LogP contribution is 2.11. The molecule has 0 bridgehead atoms. The van der Waals surface area contributed by atoms with Gasteiger partial charge in [-0.15, -0.1) is 11.3 Å². The smallest absolute Gasteiger partial charge is 0.163 e. The van der Waals surface area contributed by atoms with Gasteiger partial charge >= 0.3 is 0 Å². The number of carbonyl (C=O) groups excluding carboxylic acids is 1. The van der Waals surface area contributed by atoms with Crippen LogP contribution < -0.4 is 0 Å². The van der Waals surface area contributed by atoms with Crippen molar-refractivity contribution in [3.05, 3.63) is 22.4 Å². The molecule has 0 fully saturated rings. The van der Waals surface area contributed by atoms with Crippen molar-refractivity contribution >= 4 is 17.1 Å². The maximum absolute atomic E-state index is 11.4. The molecule has 0 N–H and O–H groups in total. The number of ether oxygens (including phenoxy) is 1. The minimum Gasteiger partial charge on any atom is -0.368 e. The molecule has 2 nitrogen and oxygen atoms in total. The van der Waals surface area contributed by atoms with Crippen molar-refractivity contribution in [2.45, 2.75) is 32.8 Å². The Kier molecular flexibility index (Phi) is 3.84. The Bertz CT molecular complexity index is 283. The molecular weight excluding hydrogens is 196 g/mol. The normalized spacial score (nSPS) is 11.6. The molecule has 3 heteroatoms. The highest BCUT2D eigenvalue weighted by molar-refractivity contribution is 7.10. The first-order chi connectivity index (χ1) is 6.47. The zero-order chi connectivity index (χ0) is 10.6. The molecule has 0 saturated carbocycles. The summed E-state index contributed by atoms with van der Waals surface area (Å²) < 4.78 is 5.39. The van der Waals surface area contributed by atoms with Crippen LogP contribution in [0, 0.1) is 0 Å². The monoisotopic (exact) mass is 212 g/mol. The molecule has 1 aromatic rings. The van der Waals surface area contributed by atoms with Crippen molar-refractivity contribution in [3.63, 3.8) is 0 Å². The van der Waals surface area contributed by atoms with E-state index in [0.717, 1.165) is 4.88 Å². The minimum absolute atomic E-state index is 0.141. The van der Waals surface area contributed by atoms with Crippen molar-refractivity contribution in [1.82, 2.24) is 0 Å². The zero-order valence-electron chi connectivity index (χ0n) is 8.87. The molecule has 1 rings (SSSR count). The first-order valence-electron chi connectivity index (χ1n) is 4.65. The first-order valence-corrected chi connectivity index (χ1v) is 5.53. The Morgan fingerprint density at radius 1 is 1.50 bits per heavy atom. The van der Waals surface area contributed by atoms with Gasteiger partial charge in [0.2, 0.25) is 0 Å². The molecule has 0 aliphatic heterocycles. The number of Topliss-reactive ketones (excluding diaryl/α,β-unsaturated/α-hetero) is 1. The van der Waals surface area contributed by atoms with Gasteiger partial charge in [-0.25, -0.2) is 0 Å². The molecule has 0 unspecified atom stereocenters. The second-order valence-corrected chi connectivity index (χ2v) is 5.23. The third-order valence-corrected chi connectivity index (χ3v) is 2.49. The third-order valence-electron chi connectivity index (χ3n) is 1.62. The molecule has 0 spiro atoms. The average Bonchev–Trinajstić information content (AvgIpc) is 2.52. The Labute approximate surface area is 88.9 Å². The SMILES string of the molecule is CC(C)(C)OCC(=O)Cc1cccs1. The lowest BCUT2D eigenvalue weighted by Crippen LogP contribution is -2.24. The van der Waals surface area contributed by atoms with E-state index >= 15 is 0 Å². The van der Waals surface area contributed by atoms with Crippen LogP contribution in [0.15, 0.2) is 17.5 Å². The zero-order valence-corrected chi connectivity index (χ0v) is 9.69. The van der Waals surface area contributed by atoms with Gasteiger partial charge in [0.1, 0.15) is 6.61 Å². The Morgan fingerprint density at radius 3 is 2.71 bits per heavy atom. The molecule has 0 saturated heterocycles. The molecule has 0 amide bonds. The van der Waals surface area contributed by atoms with Crippen LogP contribution in [0.2, 0.25) is 0 Å². The molecule has 0 radical (unpaired) electrons. The molecule has 1 aromatic heterocycles. The van der Waals surface area contributed by atoms with Crippen molar-refractivity contribution in [2.75, 3.05) is 6.61 Å². The summed E-state index contributed by atoms with van der Waals surface area (Å²) in [6, 6.07) is 3.93. The number of ketones is 1. The fourth-order valence-corrected chi connectivity index (χ4v) is 1.69. The van der Waals surface area contributed by atoms with E-state index in [1.54, 1.807) is 11.3 Å². The van der Waals surface area contributed by atoms with Gasteiger partial charge in [-0.2, -0.15) is 0 Å². The van der Waals surface area contributed by atoms with Gasteiger partial charge in [0.25, 0.3) is 0 Å². The second-order valence-electron chi connectivity index (χ2n) is 4.20. The van der Waals surface area contributed by atoms with E-state index in [9.17, 15) is 4.79 Å². The Morgan fingerprint density at radius 2 is 2.21 bits per heavy atom. The van der Waals surface area contributed by atoms with Crippen LogP contribution in [0.25, 0.3) is 0 Å². The molecule has 14 heavy (non-hydrogen) atoms. The van der Waals surface area contributed by atoms with E-state index in [2.05, 4.69) is 0 Å². The highest BCUT2D eigenvalue weighted by Gasteiger charge is 2.13. The fraction of sp³-hybridized carbons (Fsp3) is 0.545. The lowest BCUT2D eigenvalue weighted by atomic mass is 10.2. The van der Waals surface area contributed by atoms with E-state index in [1.807, 2.05) is 38.3 Å². The van der Waals surface area contributed by atoms with Crippen LogP contribution in [0.4, 0.5) is 0 Å². The molecule has 78 valence electrons. The topological polar surface area (TPSA) is 26.3 Å². The van der Waals surface area contributed by atoms with Crippen molar-refractivity contribution in [3.8, 4) is 0 Å². The maximum Gasteiger partial charge on any atom is 0.163 e. The number of carbonyl (C=O) groups is 1. The van der Waals surface area contributed by atoms with Crippen LogP contribution in [0.5, 0.6) is 0 Å². The summed E-state index contributed by atoms with van der Waals surface area (Å²) in [7, 11) is 0. The Hall–Kier alpha value is -0.670. The molecule has 0 aromatic carbocycles. The lowest BCUT2D eigenvalue weighted by molar-refractivity contribution is -0.127. The summed E-state index contributed by atoms with van der Waals surface area (Å²) in [5, 5.41) is 1.98. The number of hydrogen-bond donors (Lipinski definition) is 0. The van der Waals surface area contributed by atoms with Gasteiger partial charge in [0.15, 0.2) is 5.78 Å². The van der Waals surface area contributed by atoms with Crippen molar-refractivity contribution in [1.29, 1.82) is 0 Å². The predicted molar refractivity (Wildman–Crippen MR) is 58.7 cm³/mol. The first kappa shape index (κ1) is 11.4. The molecule has 1 heterocycles.